The van der Waals surface area contributed by atoms with Gasteiger partial charge in [0.15, 0.2) is 0 Å². The summed E-state index contributed by atoms with van der Waals surface area (Å²) < 4.78 is 0. The number of amides is 2. The smallest absolute Gasteiger partial charge is 0.265 e. The van der Waals surface area contributed by atoms with Crippen molar-refractivity contribution in [2.45, 2.75) is 12.5 Å². The normalized spacial score (nSPS) is 13.9. The molecule has 1 unspecified atom stereocenters. The number of H-pyrrole nitrogens is 1. The van der Waals surface area contributed by atoms with Gasteiger partial charge in [-0.2, -0.15) is 11.8 Å². The predicted molar refractivity (Wildman–Crippen MR) is 70.6 cm³/mol. The quantitative estimate of drug-likeness (QED) is 0.582. The number of hydrogen-bond donors (Lipinski definition) is 4. The highest BCUT2D eigenvalue weighted by atomic mass is 32.2. The van der Waals surface area contributed by atoms with Crippen molar-refractivity contribution in [3.63, 3.8) is 0 Å². The second-order valence-corrected chi connectivity index (χ2v) is 5.14. The molecule has 100 valence electrons. The highest BCUT2D eigenvalue weighted by Crippen LogP contribution is 2.10. The van der Waals surface area contributed by atoms with Gasteiger partial charge in [-0.3, -0.25) is 9.59 Å². The number of carbonyl (C=O) groups is 2. The maximum absolute atomic E-state index is 11.7. The number of aromatic amines is 1. The van der Waals surface area contributed by atoms with Gasteiger partial charge in [0.05, 0.1) is 11.2 Å². The van der Waals surface area contributed by atoms with Crippen LogP contribution in [0.1, 0.15) is 27.8 Å². The van der Waals surface area contributed by atoms with E-state index in [9.17, 15) is 14.7 Å². The minimum Gasteiger partial charge on any atom is -0.387 e. The van der Waals surface area contributed by atoms with Gasteiger partial charge >= 0.3 is 0 Å². The topological polar surface area (TPSA) is 108 Å². The van der Waals surface area contributed by atoms with Crippen LogP contribution < -0.4 is 11.1 Å². The Morgan fingerprint density at radius 2 is 2.28 bits per heavy atom. The lowest BCUT2D eigenvalue weighted by atomic mass is 10.1. The van der Waals surface area contributed by atoms with Crippen LogP contribution in [-0.2, 0) is 0 Å². The molecule has 0 aromatic carbocycles. The van der Waals surface area contributed by atoms with Gasteiger partial charge in [-0.05, 0) is 19.2 Å². The van der Waals surface area contributed by atoms with Gasteiger partial charge in [-0.1, -0.05) is 0 Å². The highest BCUT2D eigenvalue weighted by Gasteiger charge is 2.21. The van der Waals surface area contributed by atoms with E-state index in [1.807, 2.05) is 6.26 Å². The molecule has 0 bridgehead atoms. The molecule has 1 aromatic heterocycles. The van der Waals surface area contributed by atoms with E-state index >= 15 is 0 Å². The Kier molecular flexibility index (Phi) is 4.80. The summed E-state index contributed by atoms with van der Waals surface area (Å²) in [6.45, 7) is 1.79. The van der Waals surface area contributed by atoms with Gasteiger partial charge < -0.3 is 21.1 Å². The summed E-state index contributed by atoms with van der Waals surface area (Å²) >= 11 is 1.50. The fourth-order valence-corrected chi connectivity index (χ4v) is 2.13. The summed E-state index contributed by atoms with van der Waals surface area (Å²) in [5.74, 6) is -0.462. The average Bonchev–Trinajstić information content (AvgIpc) is 2.75. The molecule has 1 heterocycles. The van der Waals surface area contributed by atoms with Crippen molar-refractivity contribution in [2.75, 3.05) is 18.6 Å². The Bertz CT molecular complexity index is 442. The molecule has 7 heteroatoms. The first kappa shape index (κ1) is 14.6. The molecule has 0 aliphatic heterocycles. The van der Waals surface area contributed by atoms with Crippen LogP contribution in [0.15, 0.2) is 12.3 Å². The minimum absolute atomic E-state index is 0.143. The molecule has 6 nitrogen and oxygen atoms in total. The van der Waals surface area contributed by atoms with Gasteiger partial charge in [-0.25, -0.2) is 0 Å². The van der Waals surface area contributed by atoms with Crippen LogP contribution in [0.4, 0.5) is 0 Å². The Balaban J connectivity index is 2.57. The molecule has 1 rings (SSSR count). The third kappa shape index (κ3) is 4.08. The van der Waals surface area contributed by atoms with Crippen LogP contribution in [0.5, 0.6) is 0 Å². The van der Waals surface area contributed by atoms with E-state index in [0.29, 0.717) is 11.3 Å². The largest absolute Gasteiger partial charge is 0.387 e. The predicted octanol–water partition coefficient (Wildman–Crippen LogP) is -0.0426. The van der Waals surface area contributed by atoms with Crippen LogP contribution in [0.3, 0.4) is 0 Å². The van der Waals surface area contributed by atoms with E-state index in [-0.39, 0.29) is 18.1 Å². The van der Waals surface area contributed by atoms with E-state index < -0.39 is 11.5 Å². The fourth-order valence-electron chi connectivity index (χ4n) is 1.40. The number of rotatable bonds is 6. The van der Waals surface area contributed by atoms with Crippen LogP contribution in [0.2, 0.25) is 0 Å². The molecule has 0 radical (unpaired) electrons. The van der Waals surface area contributed by atoms with Crippen LogP contribution >= 0.6 is 11.8 Å². The lowest BCUT2D eigenvalue weighted by Crippen LogP contribution is -2.42. The molecule has 1 aromatic rings. The van der Waals surface area contributed by atoms with Gasteiger partial charge in [0, 0.05) is 18.5 Å². The summed E-state index contributed by atoms with van der Waals surface area (Å²) in [4.78, 5) is 25.2. The number of nitrogens with one attached hydrogen (secondary N) is 2. The number of thioether (sulfide) groups is 1. The number of aromatic nitrogens is 1. The molecule has 1 atom stereocenters. The third-order valence-corrected chi connectivity index (χ3v) is 3.21. The Morgan fingerprint density at radius 1 is 1.61 bits per heavy atom. The van der Waals surface area contributed by atoms with Gasteiger partial charge in [-0.15, -0.1) is 0 Å². The van der Waals surface area contributed by atoms with Gasteiger partial charge in [0.2, 0.25) is 0 Å². The zero-order chi connectivity index (χ0) is 13.8. The van der Waals surface area contributed by atoms with Crippen LogP contribution in [0, 0.1) is 0 Å². The second-order valence-electron chi connectivity index (χ2n) is 4.28. The maximum atomic E-state index is 11.7. The first-order valence-electron chi connectivity index (χ1n) is 5.33. The van der Waals surface area contributed by atoms with Crippen molar-refractivity contribution < 1.29 is 14.7 Å². The molecule has 0 aliphatic carbocycles. The Morgan fingerprint density at radius 3 is 2.78 bits per heavy atom. The first-order valence-corrected chi connectivity index (χ1v) is 6.73. The average molecular weight is 271 g/mol. The fraction of sp³-hybridized carbons (Fsp3) is 0.455. The van der Waals surface area contributed by atoms with E-state index in [2.05, 4.69) is 10.3 Å². The summed E-state index contributed by atoms with van der Waals surface area (Å²) in [6.07, 6.45) is 3.28. The molecular weight excluding hydrogens is 254 g/mol. The standard InChI is InChI=1S/C11H17N3O3S/c1-11(17,6-18-2)5-14-10(16)7-3-8(9(12)15)13-4-7/h3-4,13,17H,5-6H2,1-2H3,(H2,12,15)(H,14,16). The summed E-state index contributed by atoms with van der Waals surface area (Å²) in [7, 11) is 0. The Labute approximate surface area is 109 Å². The monoisotopic (exact) mass is 271 g/mol. The second kappa shape index (κ2) is 5.92. The number of hydrogen-bond acceptors (Lipinski definition) is 4. The number of carbonyl (C=O) groups excluding carboxylic acids is 2. The first-order chi connectivity index (χ1) is 8.35. The van der Waals surface area contributed by atoms with Crippen molar-refractivity contribution in [1.29, 1.82) is 0 Å². The van der Waals surface area contributed by atoms with E-state index in [4.69, 9.17) is 5.73 Å². The molecule has 0 saturated heterocycles. The maximum Gasteiger partial charge on any atom is 0.265 e. The number of nitrogens with two attached hydrogens (primary N) is 1. The molecule has 0 saturated carbocycles. The van der Waals surface area contributed by atoms with Crippen molar-refractivity contribution in [3.8, 4) is 0 Å². The number of primary amides is 1. The summed E-state index contributed by atoms with van der Waals surface area (Å²) in [5, 5.41) is 12.5. The molecule has 2 amide bonds. The van der Waals surface area contributed by atoms with E-state index in [0.717, 1.165) is 0 Å². The molecule has 0 aliphatic rings. The van der Waals surface area contributed by atoms with Crippen molar-refractivity contribution in [2.24, 2.45) is 5.73 Å². The molecule has 5 N–H and O–H groups in total. The van der Waals surface area contributed by atoms with Crippen LogP contribution in [-0.4, -0.2) is 46.1 Å². The summed E-state index contributed by atoms with van der Waals surface area (Å²) in [6, 6.07) is 1.38. The zero-order valence-electron chi connectivity index (χ0n) is 10.3. The zero-order valence-corrected chi connectivity index (χ0v) is 11.1. The highest BCUT2D eigenvalue weighted by molar-refractivity contribution is 7.98. The van der Waals surface area contributed by atoms with Crippen molar-refractivity contribution in [1.82, 2.24) is 10.3 Å². The van der Waals surface area contributed by atoms with Gasteiger partial charge in [0.25, 0.3) is 11.8 Å². The lowest BCUT2D eigenvalue weighted by molar-refractivity contribution is 0.0725. The molecular formula is C11H17N3O3S. The van der Waals surface area contributed by atoms with Gasteiger partial charge in [0.1, 0.15) is 5.69 Å². The SMILES string of the molecule is CSCC(C)(O)CNC(=O)c1c[nH]c(C(N)=O)c1. The van der Waals surface area contributed by atoms with Crippen LogP contribution in [0.25, 0.3) is 0 Å². The molecule has 18 heavy (non-hydrogen) atoms. The Hall–Kier alpha value is -1.47. The summed E-state index contributed by atoms with van der Waals surface area (Å²) in [5.41, 5.74) is 4.59. The van der Waals surface area contributed by atoms with Crippen molar-refractivity contribution in [3.05, 3.63) is 23.5 Å². The lowest BCUT2D eigenvalue weighted by Gasteiger charge is -2.22. The van der Waals surface area contributed by atoms with E-state index in [1.54, 1.807) is 6.92 Å². The molecule has 0 fully saturated rings. The van der Waals surface area contributed by atoms with E-state index in [1.165, 1.54) is 24.0 Å². The minimum atomic E-state index is -0.960. The van der Waals surface area contributed by atoms with Crippen molar-refractivity contribution >= 4 is 23.6 Å². The molecule has 0 spiro atoms. The number of aliphatic hydroxyl groups is 1. The third-order valence-electron chi connectivity index (χ3n) is 2.30.